The van der Waals surface area contributed by atoms with E-state index in [-0.39, 0.29) is 11.9 Å². The van der Waals surface area contributed by atoms with Gasteiger partial charge in [0.25, 0.3) is 0 Å². The second-order valence-electron chi connectivity index (χ2n) is 7.77. The molecule has 2 heterocycles. The fourth-order valence-electron chi connectivity index (χ4n) is 3.50. The molecule has 1 aromatic heterocycles. The van der Waals surface area contributed by atoms with E-state index >= 15 is 0 Å². The van der Waals surface area contributed by atoms with Gasteiger partial charge < -0.3 is 9.80 Å². The van der Waals surface area contributed by atoms with Crippen LogP contribution in [0.25, 0.3) is 0 Å². The normalized spacial score (nSPS) is 15.5. The summed E-state index contributed by atoms with van der Waals surface area (Å²) >= 11 is 0. The first-order chi connectivity index (χ1) is 14.2. The Balaban J connectivity index is 1.53. The van der Waals surface area contributed by atoms with Crippen LogP contribution in [0.1, 0.15) is 25.0 Å². The third kappa shape index (κ3) is 5.72. The Morgan fingerprint density at radius 2 is 1.73 bits per heavy atom. The first kappa shape index (κ1) is 22.1. The molecule has 2 aromatic rings. The molecule has 1 saturated heterocycles. The molecule has 0 aliphatic carbocycles. The summed E-state index contributed by atoms with van der Waals surface area (Å²) in [5, 5.41) is 0. The minimum atomic E-state index is -4.38. The second-order valence-corrected chi connectivity index (χ2v) is 7.77. The third-order valence-corrected chi connectivity index (χ3v) is 5.27. The predicted molar refractivity (Wildman–Crippen MR) is 110 cm³/mol. The molecule has 0 bridgehead atoms. The highest BCUT2D eigenvalue weighted by Gasteiger charge is 2.31. The number of nitrogens with zero attached hydrogens (tertiary/aromatic N) is 4. The number of piperazine rings is 1. The van der Waals surface area contributed by atoms with E-state index in [4.69, 9.17) is 0 Å². The second kappa shape index (κ2) is 9.47. The van der Waals surface area contributed by atoms with E-state index < -0.39 is 11.7 Å². The van der Waals surface area contributed by atoms with Gasteiger partial charge in [-0.3, -0.25) is 9.69 Å². The van der Waals surface area contributed by atoms with Crippen molar-refractivity contribution in [2.24, 2.45) is 0 Å². The third-order valence-electron chi connectivity index (χ3n) is 5.27. The zero-order chi connectivity index (χ0) is 21.7. The molecule has 0 N–H and O–H groups in total. The summed E-state index contributed by atoms with van der Waals surface area (Å²) in [7, 11) is 0. The van der Waals surface area contributed by atoms with Gasteiger partial charge in [0.2, 0.25) is 5.91 Å². The number of amides is 1. The summed E-state index contributed by atoms with van der Waals surface area (Å²) in [6, 6.07) is 12.5. The fourth-order valence-corrected chi connectivity index (χ4v) is 3.50. The topological polar surface area (TPSA) is 39.7 Å². The van der Waals surface area contributed by atoms with Gasteiger partial charge in [-0.1, -0.05) is 30.3 Å². The number of alkyl halides is 3. The Morgan fingerprint density at radius 1 is 1.07 bits per heavy atom. The number of rotatable bonds is 6. The van der Waals surface area contributed by atoms with E-state index in [9.17, 15) is 18.0 Å². The number of anilines is 1. The van der Waals surface area contributed by atoms with Crippen LogP contribution in [0.15, 0.2) is 48.7 Å². The van der Waals surface area contributed by atoms with Crippen LogP contribution in [-0.4, -0.2) is 59.5 Å². The number of hydrogen-bond donors (Lipinski definition) is 0. The summed E-state index contributed by atoms with van der Waals surface area (Å²) in [5.74, 6) is 0.608. The molecular weight excluding hydrogens is 393 g/mol. The van der Waals surface area contributed by atoms with Gasteiger partial charge in [-0.2, -0.15) is 13.2 Å². The van der Waals surface area contributed by atoms with Gasteiger partial charge in [-0.05, 0) is 31.5 Å². The molecule has 0 saturated carbocycles. The summed E-state index contributed by atoms with van der Waals surface area (Å²) in [6.45, 7) is 7.48. The largest absolute Gasteiger partial charge is 0.417 e. The van der Waals surface area contributed by atoms with Gasteiger partial charge >= 0.3 is 6.18 Å². The van der Waals surface area contributed by atoms with Crippen molar-refractivity contribution < 1.29 is 18.0 Å². The van der Waals surface area contributed by atoms with Crippen molar-refractivity contribution in [3.05, 3.63) is 59.8 Å². The molecule has 30 heavy (non-hydrogen) atoms. The molecule has 1 aromatic carbocycles. The zero-order valence-corrected chi connectivity index (χ0v) is 17.3. The molecule has 0 radical (unpaired) electrons. The standard InChI is InChI=1S/C22H27F3N4O/c1-17(2)29(15-18-6-4-3-5-7-18)21(30)16-27-10-12-28(13-11-27)20-9-8-19(14-26-20)22(23,24)25/h3-9,14,17H,10-13,15-16H2,1-2H3. The van der Waals surface area contributed by atoms with Crippen molar-refractivity contribution in [3.63, 3.8) is 0 Å². The van der Waals surface area contributed by atoms with Gasteiger partial charge in [0.1, 0.15) is 5.82 Å². The van der Waals surface area contributed by atoms with E-state index in [1.807, 2.05) is 54.0 Å². The van der Waals surface area contributed by atoms with E-state index in [1.54, 1.807) is 0 Å². The summed E-state index contributed by atoms with van der Waals surface area (Å²) < 4.78 is 38.1. The van der Waals surface area contributed by atoms with Gasteiger partial charge in [-0.25, -0.2) is 4.98 Å². The smallest absolute Gasteiger partial charge is 0.354 e. The van der Waals surface area contributed by atoms with Crippen LogP contribution in [0.3, 0.4) is 0 Å². The molecule has 3 rings (SSSR count). The van der Waals surface area contributed by atoms with Crippen molar-refractivity contribution >= 4 is 11.7 Å². The van der Waals surface area contributed by atoms with Gasteiger partial charge in [0, 0.05) is 45.0 Å². The van der Waals surface area contributed by atoms with Gasteiger partial charge in [0.15, 0.2) is 0 Å². The van der Waals surface area contributed by atoms with Crippen LogP contribution in [0.5, 0.6) is 0 Å². The lowest BCUT2D eigenvalue weighted by atomic mass is 10.2. The zero-order valence-electron chi connectivity index (χ0n) is 17.3. The molecular formula is C22H27F3N4O. The van der Waals surface area contributed by atoms with Crippen molar-refractivity contribution in [1.29, 1.82) is 0 Å². The molecule has 1 aliphatic rings. The highest BCUT2D eigenvalue weighted by atomic mass is 19.4. The monoisotopic (exact) mass is 420 g/mol. The number of hydrogen-bond acceptors (Lipinski definition) is 4. The Kier molecular flexibility index (Phi) is 6.97. The average molecular weight is 420 g/mol. The summed E-state index contributed by atoms with van der Waals surface area (Å²) in [5.41, 5.74) is 0.348. The summed E-state index contributed by atoms with van der Waals surface area (Å²) in [6.07, 6.45) is -3.51. The maximum Gasteiger partial charge on any atom is 0.417 e. The lowest BCUT2D eigenvalue weighted by molar-refractivity contribution is -0.138. The molecule has 162 valence electrons. The molecule has 1 aliphatic heterocycles. The van der Waals surface area contributed by atoms with Crippen molar-refractivity contribution in [2.45, 2.75) is 32.6 Å². The molecule has 8 heteroatoms. The maximum atomic E-state index is 12.9. The van der Waals surface area contributed by atoms with E-state index in [2.05, 4.69) is 9.88 Å². The Labute approximate surface area is 175 Å². The van der Waals surface area contributed by atoms with Crippen LogP contribution in [0.4, 0.5) is 19.0 Å². The number of pyridine rings is 1. The number of halogens is 3. The minimum absolute atomic E-state index is 0.0787. The first-order valence-corrected chi connectivity index (χ1v) is 10.1. The fraction of sp³-hybridized carbons (Fsp3) is 0.455. The number of carbonyl (C=O) groups excluding carboxylic acids is 1. The van der Waals surface area contributed by atoms with Crippen LogP contribution in [-0.2, 0) is 17.5 Å². The van der Waals surface area contributed by atoms with Crippen molar-refractivity contribution in [2.75, 3.05) is 37.6 Å². The molecule has 5 nitrogen and oxygen atoms in total. The number of benzene rings is 1. The van der Waals surface area contributed by atoms with Crippen LogP contribution < -0.4 is 4.90 Å². The SMILES string of the molecule is CC(C)N(Cc1ccccc1)C(=O)CN1CCN(c2ccc(C(F)(F)F)cn2)CC1. The first-order valence-electron chi connectivity index (χ1n) is 10.1. The molecule has 1 amide bonds. The maximum absolute atomic E-state index is 12.9. The van der Waals surface area contributed by atoms with Crippen molar-refractivity contribution in [3.8, 4) is 0 Å². The Bertz CT molecular complexity index is 817. The minimum Gasteiger partial charge on any atom is -0.354 e. The molecule has 1 fully saturated rings. The summed E-state index contributed by atoms with van der Waals surface area (Å²) in [4.78, 5) is 22.8. The quantitative estimate of drug-likeness (QED) is 0.715. The van der Waals surface area contributed by atoms with E-state index in [0.717, 1.165) is 17.8 Å². The van der Waals surface area contributed by atoms with Crippen LogP contribution in [0, 0.1) is 0 Å². The molecule has 0 spiro atoms. The highest BCUT2D eigenvalue weighted by molar-refractivity contribution is 5.78. The average Bonchev–Trinajstić information content (AvgIpc) is 2.72. The van der Waals surface area contributed by atoms with E-state index in [1.165, 1.54) is 6.07 Å². The predicted octanol–water partition coefficient (Wildman–Crippen LogP) is 3.66. The van der Waals surface area contributed by atoms with E-state index in [0.29, 0.717) is 45.1 Å². The molecule has 0 unspecified atom stereocenters. The lowest BCUT2D eigenvalue weighted by Gasteiger charge is -2.36. The van der Waals surface area contributed by atoms with Crippen LogP contribution in [0.2, 0.25) is 0 Å². The Hall–Kier alpha value is -2.61. The van der Waals surface area contributed by atoms with Gasteiger partial charge in [-0.15, -0.1) is 0 Å². The Morgan fingerprint density at radius 3 is 2.27 bits per heavy atom. The lowest BCUT2D eigenvalue weighted by Crippen LogP contribution is -2.51. The van der Waals surface area contributed by atoms with Crippen molar-refractivity contribution in [1.82, 2.24) is 14.8 Å². The number of aromatic nitrogens is 1. The highest BCUT2D eigenvalue weighted by Crippen LogP contribution is 2.29. The van der Waals surface area contributed by atoms with Gasteiger partial charge in [0.05, 0.1) is 12.1 Å². The molecule has 0 atom stereocenters. The van der Waals surface area contributed by atoms with Crippen LogP contribution >= 0.6 is 0 Å². The number of carbonyl (C=O) groups is 1.